The maximum Gasteiger partial charge on any atom is 0.328 e. The van der Waals surface area contributed by atoms with Gasteiger partial charge in [0.2, 0.25) is 23.6 Å². The van der Waals surface area contributed by atoms with Gasteiger partial charge in [-0.1, -0.05) is 48.5 Å². The zero-order chi connectivity index (χ0) is 29.9. The third-order valence-electron chi connectivity index (χ3n) is 6.48. The Morgan fingerprint density at radius 1 is 0.805 bits per heavy atom. The molecule has 1 aromatic heterocycles. The lowest BCUT2D eigenvalue weighted by atomic mass is 10.0. The SMILES string of the molecule is NC(=O)CCC(NC(=O)C(Cc1c[nH]c2ccccc12)NC(=O)C(N)Cc1ccccc1)C(=O)NC(CO)C(=O)O. The summed E-state index contributed by atoms with van der Waals surface area (Å²) in [5.41, 5.74) is 13.7. The van der Waals surface area contributed by atoms with Crippen LogP contribution in [0.2, 0.25) is 0 Å². The van der Waals surface area contributed by atoms with E-state index in [1.807, 2.05) is 54.6 Å². The molecule has 13 heteroatoms. The molecule has 4 amide bonds. The highest BCUT2D eigenvalue weighted by atomic mass is 16.4. The number of nitrogens with two attached hydrogens (primary N) is 2. The summed E-state index contributed by atoms with van der Waals surface area (Å²) in [5.74, 6) is -4.55. The van der Waals surface area contributed by atoms with E-state index in [9.17, 15) is 34.2 Å². The molecule has 0 fully saturated rings. The van der Waals surface area contributed by atoms with Crippen molar-refractivity contribution >= 4 is 40.5 Å². The average Bonchev–Trinajstić information content (AvgIpc) is 3.36. The number of hydrogen-bond acceptors (Lipinski definition) is 7. The normalized spacial score (nSPS) is 13.9. The lowest BCUT2D eigenvalue weighted by Crippen LogP contribution is -2.58. The molecular weight excluding hydrogens is 532 g/mol. The number of carboxylic acid groups (broad SMARTS) is 1. The molecule has 4 atom stereocenters. The van der Waals surface area contributed by atoms with Crippen LogP contribution in [0.1, 0.15) is 24.0 Å². The molecule has 10 N–H and O–H groups in total. The van der Waals surface area contributed by atoms with Crippen LogP contribution in [0.5, 0.6) is 0 Å². The van der Waals surface area contributed by atoms with Crippen molar-refractivity contribution in [1.29, 1.82) is 0 Å². The van der Waals surface area contributed by atoms with E-state index < -0.39 is 60.4 Å². The number of benzene rings is 2. The number of aliphatic hydroxyl groups is 1. The van der Waals surface area contributed by atoms with Crippen LogP contribution in [0, 0.1) is 0 Å². The molecule has 0 aliphatic rings. The van der Waals surface area contributed by atoms with E-state index in [1.165, 1.54) is 0 Å². The maximum atomic E-state index is 13.5. The summed E-state index contributed by atoms with van der Waals surface area (Å²) in [6, 6.07) is 11.3. The molecule has 4 unspecified atom stereocenters. The van der Waals surface area contributed by atoms with Crippen molar-refractivity contribution in [2.24, 2.45) is 11.5 Å². The van der Waals surface area contributed by atoms with Crippen LogP contribution in [0.3, 0.4) is 0 Å². The number of carboxylic acids is 1. The number of aromatic amines is 1. The molecule has 0 spiro atoms. The van der Waals surface area contributed by atoms with Gasteiger partial charge in [-0.3, -0.25) is 19.2 Å². The Bertz CT molecular complexity index is 1380. The standard InChI is InChI=1S/C28H34N6O7/c29-19(12-16-6-2-1-3-7-16)25(37)33-22(13-17-14-31-20-9-5-4-8-18(17)20)27(39)32-21(10-11-24(30)36)26(38)34-23(15-35)28(40)41/h1-9,14,19,21-23,31,35H,10-13,15,29H2,(H2,30,36)(H,32,39)(H,33,37)(H,34,38)(H,40,41). The molecule has 13 nitrogen and oxygen atoms in total. The molecule has 0 radical (unpaired) electrons. The van der Waals surface area contributed by atoms with Gasteiger partial charge in [0.1, 0.15) is 18.1 Å². The third kappa shape index (κ3) is 8.88. The molecular formula is C28H34N6O7. The van der Waals surface area contributed by atoms with Crippen molar-refractivity contribution in [2.75, 3.05) is 6.61 Å². The highest BCUT2D eigenvalue weighted by Gasteiger charge is 2.31. The van der Waals surface area contributed by atoms with Gasteiger partial charge in [0, 0.05) is 29.9 Å². The van der Waals surface area contributed by atoms with Crippen molar-refractivity contribution in [3.05, 3.63) is 71.9 Å². The monoisotopic (exact) mass is 566 g/mol. The number of para-hydroxylation sites is 1. The van der Waals surface area contributed by atoms with E-state index in [0.717, 1.165) is 16.5 Å². The fourth-order valence-corrected chi connectivity index (χ4v) is 4.25. The van der Waals surface area contributed by atoms with Gasteiger partial charge in [0.05, 0.1) is 12.6 Å². The first kappa shape index (κ1) is 30.8. The van der Waals surface area contributed by atoms with Crippen LogP contribution in [0.15, 0.2) is 60.8 Å². The topological polar surface area (TPSA) is 230 Å². The first-order valence-electron chi connectivity index (χ1n) is 13.0. The fraction of sp³-hybridized carbons (Fsp3) is 0.321. The maximum absolute atomic E-state index is 13.5. The summed E-state index contributed by atoms with van der Waals surface area (Å²) in [6.45, 7) is -0.893. The van der Waals surface area contributed by atoms with Crippen molar-refractivity contribution < 1.29 is 34.2 Å². The molecule has 0 bridgehead atoms. The first-order chi connectivity index (χ1) is 19.6. The molecule has 0 aliphatic carbocycles. The smallest absolute Gasteiger partial charge is 0.328 e. The summed E-state index contributed by atoms with van der Waals surface area (Å²) in [7, 11) is 0. The molecule has 218 valence electrons. The molecule has 2 aromatic carbocycles. The van der Waals surface area contributed by atoms with E-state index in [2.05, 4.69) is 20.9 Å². The highest BCUT2D eigenvalue weighted by Crippen LogP contribution is 2.19. The Labute approximate surface area is 235 Å². The molecule has 3 aromatic rings. The summed E-state index contributed by atoms with van der Waals surface area (Å²) in [6.07, 6.45) is 1.41. The number of carbonyl (C=O) groups is 5. The number of aliphatic carboxylic acids is 1. The summed E-state index contributed by atoms with van der Waals surface area (Å²) in [5, 5.41) is 26.6. The Balaban J connectivity index is 1.83. The number of aliphatic hydroxyl groups excluding tert-OH is 1. The molecule has 0 saturated carbocycles. The number of nitrogens with one attached hydrogen (secondary N) is 4. The minimum Gasteiger partial charge on any atom is -0.480 e. The number of primary amides is 1. The summed E-state index contributed by atoms with van der Waals surface area (Å²) >= 11 is 0. The number of aromatic nitrogens is 1. The van der Waals surface area contributed by atoms with Gasteiger partial charge >= 0.3 is 5.97 Å². The lowest BCUT2D eigenvalue weighted by molar-refractivity contribution is -0.143. The van der Waals surface area contributed by atoms with Gasteiger partial charge in [-0.2, -0.15) is 0 Å². The number of hydrogen-bond donors (Lipinski definition) is 8. The minimum absolute atomic E-state index is 0.0260. The number of rotatable bonds is 15. The van der Waals surface area contributed by atoms with Crippen molar-refractivity contribution in [3.63, 3.8) is 0 Å². The largest absolute Gasteiger partial charge is 0.480 e. The van der Waals surface area contributed by atoms with Crippen LogP contribution < -0.4 is 27.4 Å². The molecule has 0 saturated heterocycles. The van der Waals surface area contributed by atoms with Gasteiger partial charge in [0.25, 0.3) is 0 Å². The number of amides is 4. The van der Waals surface area contributed by atoms with Crippen molar-refractivity contribution in [2.45, 2.75) is 49.9 Å². The van der Waals surface area contributed by atoms with Crippen molar-refractivity contribution in [1.82, 2.24) is 20.9 Å². The van der Waals surface area contributed by atoms with E-state index in [4.69, 9.17) is 11.5 Å². The van der Waals surface area contributed by atoms with Crippen LogP contribution in [0.25, 0.3) is 10.9 Å². The molecule has 3 rings (SSSR count). The van der Waals surface area contributed by atoms with Crippen LogP contribution in [-0.4, -0.2) is 75.6 Å². The first-order valence-corrected chi connectivity index (χ1v) is 13.0. The minimum atomic E-state index is -1.63. The Kier molecular flexibility index (Phi) is 11.0. The Morgan fingerprint density at radius 2 is 1.41 bits per heavy atom. The van der Waals surface area contributed by atoms with Crippen LogP contribution in [0.4, 0.5) is 0 Å². The molecule has 0 aliphatic heterocycles. The average molecular weight is 567 g/mol. The van der Waals surface area contributed by atoms with Gasteiger partial charge in [0.15, 0.2) is 0 Å². The lowest BCUT2D eigenvalue weighted by Gasteiger charge is -2.25. The second-order valence-electron chi connectivity index (χ2n) is 9.57. The molecule has 41 heavy (non-hydrogen) atoms. The predicted molar refractivity (Wildman–Crippen MR) is 149 cm³/mol. The van der Waals surface area contributed by atoms with Gasteiger partial charge in [-0.25, -0.2) is 4.79 Å². The van der Waals surface area contributed by atoms with E-state index in [1.54, 1.807) is 6.20 Å². The number of fused-ring (bicyclic) bond motifs is 1. The quantitative estimate of drug-likeness (QED) is 0.114. The Morgan fingerprint density at radius 3 is 2.07 bits per heavy atom. The number of H-pyrrole nitrogens is 1. The van der Waals surface area contributed by atoms with Gasteiger partial charge in [-0.05, 0) is 30.0 Å². The van der Waals surface area contributed by atoms with E-state index in [-0.39, 0.29) is 25.7 Å². The predicted octanol–water partition coefficient (Wildman–Crippen LogP) is -0.923. The highest BCUT2D eigenvalue weighted by molar-refractivity contribution is 5.95. The second-order valence-corrected chi connectivity index (χ2v) is 9.57. The second kappa shape index (κ2) is 14.6. The third-order valence-corrected chi connectivity index (χ3v) is 6.48. The Hall–Kier alpha value is -4.75. The number of carbonyl (C=O) groups excluding carboxylic acids is 4. The zero-order valence-electron chi connectivity index (χ0n) is 22.2. The van der Waals surface area contributed by atoms with E-state index >= 15 is 0 Å². The summed E-state index contributed by atoms with van der Waals surface area (Å²) in [4.78, 5) is 65.3. The van der Waals surface area contributed by atoms with Crippen molar-refractivity contribution in [3.8, 4) is 0 Å². The van der Waals surface area contributed by atoms with Gasteiger partial charge < -0.3 is 42.6 Å². The fourth-order valence-electron chi connectivity index (χ4n) is 4.25. The van der Waals surface area contributed by atoms with E-state index in [0.29, 0.717) is 5.56 Å². The van der Waals surface area contributed by atoms with Gasteiger partial charge in [-0.15, -0.1) is 0 Å². The summed E-state index contributed by atoms with van der Waals surface area (Å²) < 4.78 is 0. The van der Waals surface area contributed by atoms with Crippen LogP contribution in [-0.2, 0) is 36.8 Å². The van der Waals surface area contributed by atoms with Crippen LogP contribution >= 0.6 is 0 Å². The zero-order valence-corrected chi connectivity index (χ0v) is 22.2. The molecule has 1 heterocycles.